The number of anilines is 1. The van der Waals surface area contributed by atoms with Gasteiger partial charge in [-0.15, -0.1) is 0 Å². The molecule has 1 saturated carbocycles. The highest BCUT2D eigenvalue weighted by Crippen LogP contribution is 2.35. The van der Waals surface area contributed by atoms with Crippen molar-refractivity contribution in [2.45, 2.75) is 57.1 Å². The van der Waals surface area contributed by atoms with Crippen LogP contribution in [-0.2, 0) is 0 Å². The SMILES string of the molecule is c1cncc(C2CCCN2c2cncc(OC3CCCCC3)n2)c1. The minimum Gasteiger partial charge on any atom is -0.473 e. The summed E-state index contributed by atoms with van der Waals surface area (Å²) in [7, 11) is 0. The molecular formula is C19H24N4O. The summed E-state index contributed by atoms with van der Waals surface area (Å²) in [4.78, 5) is 15.7. The summed E-state index contributed by atoms with van der Waals surface area (Å²) >= 11 is 0. The Kier molecular flexibility index (Phi) is 4.58. The molecule has 1 aliphatic heterocycles. The first-order valence-corrected chi connectivity index (χ1v) is 9.05. The molecule has 0 radical (unpaired) electrons. The zero-order valence-electron chi connectivity index (χ0n) is 14.0. The maximum atomic E-state index is 6.08. The summed E-state index contributed by atoms with van der Waals surface area (Å²) in [6.45, 7) is 1.00. The average Bonchev–Trinajstić information content (AvgIpc) is 3.13. The second-order valence-corrected chi connectivity index (χ2v) is 6.73. The number of hydrogen-bond acceptors (Lipinski definition) is 5. The molecule has 0 N–H and O–H groups in total. The van der Waals surface area contributed by atoms with Crippen LogP contribution < -0.4 is 9.64 Å². The molecule has 3 heterocycles. The Bertz CT molecular complexity index is 657. The van der Waals surface area contributed by atoms with Crippen molar-refractivity contribution in [3.63, 3.8) is 0 Å². The normalized spacial score (nSPS) is 21.8. The van der Waals surface area contributed by atoms with Crippen LogP contribution in [0.3, 0.4) is 0 Å². The van der Waals surface area contributed by atoms with E-state index in [9.17, 15) is 0 Å². The minimum atomic E-state index is 0.302. The lowest BCUT2D eigenvalue weighted by molar-refractivity contribution is 0.148. The predicted octanol–water partition coefficient (Wildman–Crippen LogP) is 3.92. The largest absolute Gasteiger partial charge is 0.473 e. The van der Waals surface area contributed by atoms with Crippen LogP contribution in [0.1, 0.15) is 56.6 Å². The lowest BCUT2D eigenvalue weighted by Crippen LogP contribution is -2.25. The van der Waals surface area contributed by atoms with E-state index in [0.717, 1.165) is 38.0 Å². The van der Waals surface area contributed by atoms with Crippen molar-refractivity contribution >= 4 is 5.82 Å². The smallest absolute Gasteiger partial charge is 0.234 e. The summed E-state index contributed by atoms with van der Waals surface area (Å²) in [6.07, 6.45) is 16.1. The summed E-state index contributed by atoms with van der Waals surface area (Å²) in [5, 5.41) is 0. The minimum absolute atomic E-state index is 0.302. The molecule has 4 rings (SSSR count). The van der Waals surface area contributed by atoms with Gasteiger partial charge < -0.3 is 9.64 Å². The van der Waals surface area contributed by atoms with Gasteiger partial charge in [-0.3, -0.25) is 9.97 Å². The van der Waals surface area contributed by atoms with E-state index in [1.165, 1.54) is 24.8 Å². The van der Waals surface area contributed by atoms with Crippen molar-refractivity contribution in [3.8, 4) is 5.88 Å². The van der Waals surface area contributed by atoms with Crippen molar-refractivity contribution in [2.75, 3.05) is 11.4 Å². The van der Waals surface area contributed by atoms with Crippen molar-refractivity contribution in [1.29, 1.82) is 0 Å². The highest BCUT2D eigenvalue weighted by atomic mass is 16.5. The maximum Gasteiger partial charge on any atom is 0.234 e. The summed E-state index contributed by atoms with van der Waals surface area (Å²) in [5.74, 6) is 1.57. The Balaban J connectivity index is 1.52. The zero-order chi connectivity index (χ0) is 16.2. The molecule has 24 heavy (non-hydrogen) atoms. The second kappa shape index (κ2) is 7.16. The summed E-state index contributed by atoms with van der Waals surface area (Å²) < 4.78 is 6.08. The van der Waals surface area contributed by atoms with Gasteiger partial charge in [-0.05, 0) is 50.2 Å². The maximum absolute atomic E-state index is 6.08. The summed E-state index contributed by atoms with van der Waals surface area (Å²) in [6, 6.07) is 4.48. The Morgan fingerprint density at radius 3 is 2.71 bits per heavy atom. The molecule has 5 nitrogen and oxygen atoms in total. The predicted molar refractivity (Wildman–Crippen MR) is 93.1 cm³/mol. The third-order valence-corrected chi connectivity index (χ3v) is 5.06. The van der Waals surface area contributed by atoms with Crippen LogP contribution in [0.2, 0.25) is 0 Å². The average molecular weight is 324 g/mol. The zero-order valence-corrected chi connectivity index (χ0v) is 14.0. The van der Waals surface area contributed by atoms with E-state index in [4.69, 9.17) is 9.72 Å². The first-order chi connectivity index (χ1) is 11.9. The van der Waals surface area contributed by atoms with Crippen LogP contribution in [-0.4, -0.2) is 27.6 Å². The fourth-order valence-electron chi connectivity index (χ4n) is 3.85. The molecule has 0 aromatic carbocycles. The fourth-order valence-corrected chi connectivity index (χ4v) is 3.85. The number of pyridine rings is 1. The third kappa shape index (κ3) is 3.35. The van der Waals surface area contributed by atoms with Gasteiger partial charge in [-0.2, -0.15) is 4.98 Å². The van der Waals surface area contributed by atoms with Crippen LogP contribution in [0.25, 0.3) is 0 Å². The van der Waals surface area contributed by atoms with E-state index in [1.807, 2.05) is 24.7 Å². The van der Waals surface area contributed by atoms with Gasteiger partial charge >= 0.3 is 0 Å². The Labute approximate surface area is 143 Å². The molecule has 1 unspecified atom stereocenters. The van der Waals surface area contributed by atoms with Gasteiger partial charge in [0.2, 0.25) is 5.88 Å². The second-order valence-electron chi connectivity index (χ2n) is 6.73. The van der Waals surface area contributed by atoms with Gasteiger partial charge in [0, 0.05) is 18.9 Å². The van der Waals surface area contributed by atoms with Gasteiger partial charge in [-0.25, -0.2) is 0 Å². The standard InChI is InChI=1S/C19H24N4O/c1-2-7-16(8-3-1)24-19-14-21-13-18(22-19)23-11-5-9-17(23)15-6-4-10-20-12-15/h4,6,10,12-14,16-17H,1-3,5,7-9,11H2. The van der Waals surface area contributed by atoms with Crippen molar-refractivity contribution in [3.05, 3.63) is 42.5 Å². The van der Waals surface area contributed by atoms with Gasteiger partial charge in [0.25, 0.3) is 0 Å². The topological polar surface area (TPSA) is 51.1 Å². The quantitative estimate of drug-likeness (QED) is 0.853. The van der Waals surface area contributed by atoms with E-state index in [2.05, 4.69) is 20.9 Å². The van der Waals surface area contributed by atoms with Crippen molar-refractivity contribution in [2.24, 2.45) is 0 Å². The third-order valence-electron chi connectivity index (χ3n) is 5.06. The van der Waals surface area contributed by atoms with Crippen molar-refractivity contribution < 1.29 is 4.74 Å². The highest BCUT2D eigenvalue weighted by molar-refractivity contribution is 5.43. The molecular weight excluding hydrogens is 300 g/mol. The molecule has 2 aliphatic rings. The summed E-state index contributed by atoms with van der Waals surface area (Å²) in [5.41, 5.74) is 1.25. The fraction of sp³-hybridized carbons (Fsp3) is 0.526. The van der Waals surface area contributed by atoms with E-state index in [1.54, 1.807) is 6.20 Å². The van der Waals surface area contributed by atoms with E-state index >= 15 is 0 Å². The first kappa shape index (κ1) is 15.4. The van der Waals surface area contributed by atoms with E-state index in [-0.39, 0.29) is 0 Å². The molecule has 0 spiro atoms. The molecule has 5 heteroatoms. The number of hydrogen-bond donors (Lipinski definition) is 0. The molecule has 126 valence electrons. The van der Waals surface area contributed by atoms with Crippen LogP contribution in [0.5, 0.6) is 5.88 Å². The number of aromatic nitrogens is 3. The Morgan fingerprint density at radius 1 is 0.958 bits per heavy atom. The molecule has 1 aliphatic carbocycles. The number of rotatable bonds is 4. The number of ether oxygens (including phenoxy) is 1. The van der Waals surface area contributed by atoms with Crippen LogP contribution >= 0.6 is 0 Å². The number of nitrogens with zero attached hydrogens (tertiary/aromatic N) is 4. The van der Waals surface area contributed by atoms with Gasteiger partial charge in [0.1, 0.15) is 6.10 Å². The Morgan fingerprint density at radius 2 is 1.88 bits per heavy atom. The van der Waals surface area contributed by atoms with Crippen LogP contribution in [0, 0.1) is 0 Å². The molecule has 2 aromatic heterocycles. The molecule has 0 amide bonds. The molecule has 1 saturated heterocycles. The molecule has 2 aromatic rings. The van der Waals surface area contributed by atoms with E-state index in [0.29, 0.717) is 18.0 Å². The molecule has 1 atom stereocenters. The van der Waals surface area contributed by atoms with Crippen LogP contribution in [0.15, 0.2) is 36.9 Å². The molecule has 2 fully saturated rings. The lowest BCUT2D eigenvalue weighted by atomic mass is 9.98. The van der Waals surface area contributed by atoms with Crippen molar-refractivity contribution in [1.82, 2.24) is 15.0 Å². The highest BCUT2D eigenvalue weighted by Gasteiger charge is 2.28. The van der Waals surface area contributed by atoms with Gasteiger partial charge in [-0.1, -0.05) is 12.5 Å². The first-order valence-electron chi connectivity index (χ1n) is 9.05. The van der Waals surface area contributed by atoms with Gasteiger partial charge in [0.05, 0.1) is 18.4 Å². The van der Waals surface area contributed by atoms with E-state index < -0.39 is 0 Å². The monoisotopic (exact) mass is 324 g/mol. The van der Waals surface area contributed by atoms with Gasteiger partial charge in [0.15, 0.2) is 5.82 Å². The van der Waals surface area contributed by atoms with Crippen LogP contribution in [0.4, 0.5) is 5.82 Å². The lowest BCUT2D eigenvalue weighted by Gasteiger charge is -2.26. The Hall–Kier alpha value is -2.17. The molecule has 0 bridgehead atoms.